The molecule has 0 aliphatic carbocycles. The van der Waals surface area contributed by atoms with E-state index in [4.69, 9.17) is 0 Å². The van der Waals surface area contributed by atoms with Gasteiger partial charge in [-0.1, -0.05) is 18.2 Å². The molecule has 0 atom stereocenters. The number of aliphatic imine (C=N–C) groups is 1. The monoisotopic (exact) mass is 185 g/mol. The van der Waals surface area contributed by atoms with Gasteiger partial charge < -0.3 is 10.3 Å². The fourth-order valence-electron chi connectivity index (χ4n) is 1.85. The predicted octanol–water partition coefficient (Wildman–Crippen LogP) is 2.01. The molecule has 14 heavy (non-hydrogen) atoms. The van der Waals surface area contributed by atoms with E-state index in [-0.39, 0.29) is 0 Å². The number of hydrogen-bond donors (Lipinski definition) is 2. The minimum atomic E-state index is 0.844. The van der Waals surface area contributed by atoms with Crippen molar-refractivity contribution in [2.75, 3.05) is 18.4 Å². The summed E-state index contributed by atoms with van der Waals surface area (Å²) in [5.41, 5.74) is 3.43. The van der Waals surface area contributed by atoms with Crippen LogP contribution in [0.4, 0.5) is 5.69 Å². The van der Waals surface area contributed by atoms with Gasteiger partial charge in [0.05, 0.1) is 17.9 Å². The fourth-order valence-corrected chi connectivity index (χ4v) is 1.85. The van der Waals surface area contributed by atoms with Crippen molar-refractivity contribution in [2.45, 2.75) is 0 Å². The molecule has 0 spiro atoms. The summed E-state index contributed by atoms with van der Waals surface area (Å²) >= 11 is 0. The fraction of sp³-hybridized carbons (Fsp3) is 0.182. The molecule has 3 rings (SSSR count). The molecule has 2 N–H and O–H groups in total. The molecule has 2 heterocycles. The summed E-state index contributed by atoms with van der Waals surface area (Å²) in [6.45, 7) is 1.75. The highest BCUT2D eigenvalue weighted by Gasteiger charge is 2.10. The summed E-state index contributed by atoms with van der Waals surface area (Å²) < 4.78 is 0. The molecule has 1 aliphatic rings. The second kappa shape index (κ2) is 2.87. The van der Waals surface area contributed by atoms with Gasteiger partial charge in [-0.2, -0.15) is 0 Å². The van der Waals surface area contributed by atoms with Gasteiger partial charge in [0.15, 0.2) is 0 Å². The van der Waals surface area contributed by atoms with Crippen LogP contribution in [-0.2, 0) is 0 Å². The van der Waals surface area contributed by atoms with Crippen LogP contribution in [0, 0.1) is 0 Å². The lowest BCUT2D eigenvalue weighted by Crippen LogP contribution is -2.02. The molecule has 0 radical (unpaired) electrons. The molecule has 3 heteroatoms. The van der Waals surface area contributed by atoms with Crippen molar-refractivity contribution in [3.8, 4) is 0 Å². The number of H-pyrrole nitrogens is 1. The lowest BCUT2D eigenvalue weighted by atomic mass is 10.2. The molecule has 1 aliphatic heterocycles. The van der Waals surface area contributed by atoms with E-state index >= 15 is 0 Å². The molecule has 0 unspecified atom stereocenters. The molecule has 70 valence electrons. The Morgan fingerprint density at radius 1 is 1.21 bits per heavy atom. The Balaban J connectivity index is 2.33. The van der Waals surface area contributed by atoms with Gasteiger partial charge >= 0.3 is 0 Å². The summed E-state index contributed by atoms with van der Waals surface area (Å²) in [4.78, 5) is 7.63. The maximum absolute atomic E-state index is 4.29. The minimum Gasteiger partial charge on any atom is -0.381 e. The summed E-state index contributed by atoms with van der Waals surface area (Å²) in [7, 11) is 0. The maximum atomic E-state index is 4.29. The van der Waals surface area contributed by atoms with E-state index in [1.165, 1.54) is 16.6 Å². The zero-order valence-electron chi connectivity index (χ0n) is 7.75. The zero-order valence-corrected chi connectivity index (χ0v) is 7.75. The molecule has 0 saturated heterocycles. The number of para-hydroxylation sites is 1. The third-order valence-electron chi connectivity index (χ3n) is 2.50. The van der Waals surface area contributed by atoms with Crippen molar-refractivity contribution in [2.24, 2.45) is 4.99 Å². The maximum Gasteiger partial charge on any atom is 0.0808 e. The largest absolute Gasteiger partial charge is 0.381 e. The van der Waals surface area contributed by atoms with Crippen LogP contribution >= 0.6 is 0 Å². The first-order valence-corrected chi connectivity index (χ1v) is 4.79. The number of nitrogens with one attached hydrogen (secondary N) is 2. The number of hydrogen-bond acceptors (Lipinski definition) is 2. The predicted molar refractivity (Wildman–Crippen MR) is 59.2 cm³/mol. The number of aromatic amines is 1. The summed E-state index contributed by atoms with van der Waals surface area (Å²) in [6.07, 6.45) is 1.91. The molecular weight excluding hydrogens is 174 g/mol. The average molecular weight is 185 g/mol. The van der Waals surface area contributed by atoms with E-state index in [9.17, 15) is 0 Å². The highest BCUT2D eigenvalue weighted by molar-refractivity contribution is 6.03. The first-order valence-electron chi connectivity index (χ1n) is 4.79. The van der Waals surface area contributed by atoms with E-state index in [1.807, 2.05) is 12.3 Å². The van der Waals surface area contributed by atoms with Crippen LogP contribution in [0.5, 0.6) is 0 Å². The molecule has 0 fully saturated rings. The minimum absolute atomic E-state index is 0.844. The third-order valence-corrected chi connectivity index (χ3v) is 2.50. The lowest BCUT2D eigenvalue weighted by molar-refractivity contribution is 1.04. The molecular formula is C11H11N3. The Morgan fingerprint density at radius 2 is 2.14 bits per heavy atom. The van der Waals surface area contributed by atoms with Crippen molar-refractivity contribution < 1.29 is 0 Å². The van der Waals surface area contributed by atoms with Gasteiger partial charge in [0.2, 0.25) is 0 Å². The van der Waals surface area contributed by atoms with E-state index in [2.05, 4.69) is 33.5 Å². The first kappa shape index (κ1) is 7.62. The van der Waals surface area contributed by atoms with Gasteiger partial charge in [0.1, 0.15) is 0 Å². The van der Waals surface area contributed by atoms with Crippen LogP contribution in [0.3, 0.4) is 0 Å². The Bertz CT molecular complexity index is 496. The molecule has 1 aromatic heterocycles. The Kier molecular flexibility index (Phi) is 1.56. The van der Waals surface area contributed by atoms with Crippen molar-refractivity contribution in [3.05, 3.63) is 30.0 Å². The number of nitrogens with zero attached hydrogens (tertiary/aromatic N) is 1. The third kappa shape index (κ3) is 1.02. The van der Waals surface area contributed by atoms with E-state index in [0.29, 0.717) is 0 Å². The summed E-state index contributed by atoms with van der Waals surface area (Å²) in [6, 6.07) is 8.30. The van der Waals surface area contributed by atoms with Gasteiger partial charge in [-0.05, 0) is 6.07 Å². The Hall–Kier alpha value is -1.77. The standard InChI is InChI=1S/C11H11N3/c1-2-4-9-8(3-1)11-10(14-9)7-12-5-6-13-11/h1-4,7,13-14H,5-6H2. The van der Waals surface area contributed by atoms with Crippen LogP contribution in [0.1, 0.15) is 5.69 Å². The Morgan fingerprint density at radius 3 is 3.14 bits per heavy atom. The SMILES string of the molecule is C1=NCCNc2c1[nH]c1ccccc21. The second-order valence-corrected chi connectivity index (χ2v) is 3.42. The zero-order chi connectivity index (χ0) is 9.38. The number of rotatable bonds is 0. The normalized spacial score (nSPS) is 14.9. The van der Waals surface area contributed by atoms with E-state index < -0.39 is 0 Å². The van der Waals surface area contributed by atoms with Crippen LogP contribution in [0.25, 0.3) is 10.9 Å². The van der Waals surface area contributed by atoms with Gasteiger partial charge in [-0.25, -0.2) is 0 Å². The highest BCUT2D eigenvalue weighted by Crippen LogP contribution is 2.26. The van der Waals surface area contributed by atoms with Crippen LogP contribution in [0.15, 0.2) is 29.3 Å². The molecule has 1 aromatic carbocycles. The molecule has 0 bridgehead atoms. The molecule has 2 aromatic rings. The number of anilines is 1. The van der Waals surface area contributed by atoms with Gasteiger partial charge in [-0.3, -0.25) is 4.99 Å². The van der Waals surface area contributed by atoms with Crippen molar-refractivity contribution in [3.63, 3.8) is 0 Å². The van der Waals surface area contributed by atoms with Crippen LogP contribution < -0.4 is 5.32 Å². The lowest BCUT2D eigenvalue weighted by Gasteiger charge is -2.00. The van der Waals surface area contributed by atoms with Gasteiger partial charge in [-0.15, -0.1) is 0 Å². The summed E-state index contributed by atoms with van der Waals surface area (Å²) in [5.74, 6) is 0. The van der Waals surface area contributed by atoms with Crippen molar-refractivity contribution in [1.82, 2.24) is 4.98 Å². The molecule has 0 saturated carbocycles. The Labute approximate surface area is 81.9 Å². The first-order chi connectivity index (χ1) is 6.95. The molecule has 0 amide bonds. The smallest absolute Gasteiger partial charge is 0.0808 e. The second-order valence-electron chi connectivity index (χ2n) is 3.42. The van der Waals surface area contributed by atoms with Crippen LogP contribution in [0.2, 0.25) is 0 Å². The summed E-state index contributed by atoms with van der Waals surface area (Å²) in [5, 5.41) is 4.64. The van der Waals surface area contributed by atoms with Crippen molar-refractivity contribution >= 4 is 22.8 Å². The topological polar surface area (TPSA) is 40.2 Å². The van der Waals surface area contributed by atoms with E-state index in [1.54, 1.807) is 0 Å². The van der Waals surface area contributed by atoms with E-state index in [0.717, 1.165) is 18.8 Å². The quantitative estimate of drug-likeness (QED) is 0.647. The average Bonchev–Trinajstić information content (AvgIpc) is 2.42. The van der Waals surface area contributed by atoms with Crippen molar-refractivity contribution in [1.29, 1.82) is 0 Å². The van der Waals surface area contributed by atoms with Gasteiger partial charge in [0.25, 0.3) is 0 Å². The van der Waals surface area contributed by atoms with Crippen LogP contribution in [-0.4, -0.2) is 24.3 Å². The molecule has 3 nitrogen and oxygen atoms in total. The number of benzene rings is 1. The van der Waals surface area contributed by atoms with Gasteiger partial charge in [0, 0.05) is 23.7 Å². The number of fused-ring (bicyclic) bond motifs is 3. The number of aromatic nitrogens is 1. The highest BCUT2D eigenvalue weighted by atomic mass is 15.0.